The van der Waals surface area contributed by atoms with E-state index in [0.717, 1.165) is 24.2 Å². The van der Waals surface area contributed by atoms with Crippen molar-refractivity contribution in [3.8, 4) is 0 Å². The molecule has 0 radical (unpaired) electrons. The highest BCUT2D eigenvalue weighted by Gasteiger charge is 2.51. The number of hydrogen-bond donors (Lipinski definition) is 1. The summed E-state index contributed by atoms with van der Waals surface area (Å²) < 4.78 is 3.48. The number of nitrogens with zero attached hydrogens (tertiary/aromatic N) is 5. The van der Waals surface area contributed by atoms with Crippen LogP contribution in [0.4, 0.5) is 0 Å². The van der Waals surface area contributed by atoms with Crippen LogP contribution in [0.5, 0.6) is 0 Å². The number of fused-ring (bicyclic) bond motifs is 2. The number of carbonyl (C=O) groups is 1. The minimum absolute atomic E-state index is 0.0615. The highest BCUT2D eigenvalue weighted by Crippen LogP contribution is 2.46. The average Bonchev–Trinajstić information content (AvgIpc) is 3.14. The van der Waals surface area contributed by atoms with Crippen LogP contribution in [0.2, 0.25) is 0 Å². The van der Waals surface area contributed by atoms with E-state index in [1.165, 1.54) is 12.8 Å². The summed E-state index contributed by atoms with van der Waals surface area (Å²) in [7, 11) is 3.72. The SMILES string of the molecule is Cn1nc(C2CC2)cc1C(=O)N1C2CCC1CC(O)(c1ccnn1C)C2. The second kappa shape index (κ2) is 5.42. The second-order valence-corrected chi connectivity index (χ2v) is 8.23. The fraction of sp³-hybridized carbons (Fsp3) is 0.632. The van der Waals surface area contributed by atoms with Crippen molar-refractivity contribution in [2.75, 3.05) is 0 Å². The molecule has 26 heavy (non-hydrogen) atoms. The van der Waals surface area contributed by atoms with Crippen LogP contribution in [0, 0.1) is 0 Å². The molecule has 1 aliphatic carbocycles. The van der Waals surface area contributed by atoms with Gasteiger partial charge in [0.15, 0.2) is 0 Å². The molecule has 2 unspecified atom stereocenters. The van der Waals surface area contributed by atoms with Gasteiger partial charge in [0.2, 0.25) is 0 Å². The number of piperidine rings is 1. The number of amides is 1. The largest absolute Gasteiger partial charge is 0.383 e. The second-order valence-electron chi connectivity index (χ2n) is 8.23. The summed E-state index contributed by atoms with van der Waals surface area (Å²) >= 11 is 0. The van der Waals surface area contributed by atoms with Gasteiger partial charge in [-0.3, -0.25) is 14.2 Å². The zero-order chi connectivity index (χ0) is 18.1. The Morgan fingerprint density at radius 1 is 1.15 bits per heavy atom. The molecule has 3 fully saturated rings. The van der Waals surface area contributed by atoms with Gasteiger partial charge in [-0.15, -0.1) is 0 Å². The molecule has 138 valence electrons. The van der Waals surface area contributed by atoms with Gasteiger partial charge in [0.25, 0.3) is 5.91 Å². The number of rotatable bonds is 3. The summed E-state index contributed by atoms with van der Waals surface area (Å²) in [5.74, 6) is 0.599. The molecule has 2 atom stereocenters. The van der Waals surface area contributed by atoms with Crippen LogP contribution in [-0.4, -0.2) is 47.6 Å². The van der Waals surface area contributed by atoms with Gasteiger partial charge in [0.05, 0.1) is 11.4 Å². The maximum atomic E-state index is 13.3. The Hall–Kier alpha value is -2.15. The van der Waals surface area contributed by atoms with Crippen molar-refractivity contribution in [3.63, 3.8) is 0 Å². The van der Waals surface area contributed by atoms with Crippen molar-refractivity contribution in [2.45, 2.75) is 62.1 Å². The van der Waals surface area contributed by atoms with Crippen LogP contribution in [0.25, 0.3) is 0 Å². The minimum atomic E-state index is -0.903. The summed E-state index contributed by atoms with van der Waals surface area (Å²) in [5, 5.41) is 20.0. The lowest BCUT2D eigenvalue weighted by atomic mass is 9.83. The van der Waals surface area contributed by atoms with Gasteiger partial charge in [-0.1, -0.05) is 0 Å². The van der Waals surface area contributed by atoms with Crippen molar-refractivity contribution in [1.82, 2.24) is 24.5 Å². The van der Waals surface area contributed by atoms with E-state index in [1.54, 1.807) is 15.6 Å². The third-order valence-corrected chi connectivity index (χ3v) is 6.41. The Balaban J connectivity index is 1.42. The van der Waals surface area contributed by atoms with Crippen molar-refractivity contribution in [1.29, 1.82) is 0 Å². The Labute approximate surface area is 152 Å². The number of aromatic nitrogens is 4. The highest BCUT2D eigenvalue weighted by molar-refractivity contribution is 5.93. The zero-order valence-corrected chi connectivity index (χ0v) is 15.3. The lowest BCUT2D eigenvalue weighted by Gasteiger charge is -2.43. The number of aryl methyl sites for hydroxylation is 2. The lowest BCUT2D eigenvalue weighted by molar-refractivity contribution is -0.0532. The van der Waals surface area contributed by atoms with Gasteiger partial charge in [-0.2, -0.15) is 10.2 Å². The molecule has 5 rings (SSSR count). The molecule has 2 aromatic rings. The molecular weight excluding hydrogens is 330 g/mol. The number of aliphatic hydroxyl groups is 1. The predicted octanol–water partition coefficient (Wildman–Crippen LogP) is 1.69. The molecule has 7 heteroatoms. The average molecular weight is 355 g/mol. The molecule has 0 spiro atoms. The Bertz CT molecular complexity index is 851. The van der Waals surface area contributed by atoms with Gasteiger partial charge >= 0.3 is 0 Å². The molecule has 2 aromatic heterocycles. The lowest BCUT2D eigenvalue weighted by Crippen LogP contribution is -2.52. The first-order chi connectivity index (χ1) is 12.5. The number of hydrogen-bond acceptors (Lipinski definition) is 4. The molecule has 2 aliphatic heterocycles. The first-order valence-electron chi connectivity index (χ1n) is 9.54. The summed E-state index contributed by atoms with van der Waals surface area (Å²) in [6.45, 7) is 0. The van der Waals surface area contributed by atoms with E-state index in [1.807, 2.05) is 31.1 Å². The molecule has 1 amide bonds. The summed E-state index contributed by atoms with van der Waals surface area (Å²) in [5.41, 5.74) is 1.67. The Morgan fingerprint density at radius 3 is 2.42 bits per heavy atom. The monoisotopic (exact) mass is 355 g/mol. The van der Waals surface area contributed by atoms with Gasteiger partial charge < -0.3 is 10.0 Å². The van der Waals surface area contributed by atoms with Crippen molar-refractivity contribution in [2.24, 2.45) is 14.1 Å². The quantitative estimate of drug-likeness (QED) is 0.909. The summed E-state index contributed by atoms with van der Waals surface area (Å²) in [4.78, 5) is 15.3. The normalized spacial score (nSPS) is 30.8. The fourth-order valence-electron chi connectivity index (χ4n) is 5.00. The van der Waals surface area contributed by atoms with Crippen molar-refractivity contribution in [3.05, 3.63) is 35.4 Å². The molecule has 1 saturated carbocycles. The van der Waals surface area contributed by atoms with Crippen LogP contribution in [0.15, 0.2) is 18.3 Å². The van der Waals surface area contributed by atoms with Gasteiger partial charge in [-0.05, 0) is 37.8 Å². The summed E-state index contributed by atoms with van der Waals surface area (Å²) in [6.07, 6.45) is 7.12. The van der Waals surface area contributed by atoms with Crippen LogP contribution >= 0.6 is 0 Å². The van der Waals surface area contributed by atoms with Crippen LogP contribution in [0.1, 0.15) is 66.3 Å². The predicted molar refractivity (Wildman–Crippen MR) is 94.5 cm³/mol. The molecule has 4 heterocycles. The van der Waals surface area contributed by atoms with E-state index >= 15 is 0 Å². The Kier molecular flexibility index (Phi) is 3.35. The highest BCUT2D eigenvalue weighted by atomic mass is 16.3. The zero-order valence-electron chi connectivity index (χ0n) is 15.3. The summed E-state index contributed by atoms with van der Waals surface area (Å²) in [6, 6.07) is 4.00. The van der Waals surface area contributed by atoms with Crippen LogP contribution in [0.3, 0.4) is 0 Å². The molecular formula is C19H25N5O2. The molecule has 2 saturated heterocycles. The van der Waals surface area contributed by atoms with E-state index in [2.05, 4.69) is 10.2 Å². The molecule has 1 N–H and O–H groups in total. The first-order valence-corrected chi connectivity index (χ1v) is 9.54. The van der Waals surface area contributed by atoms with Gasteiger partial charge in [-0.25, -0.2) is 0 Å². The van der Waals surface area contributed by atoms with Crippen LogP contribution < -0.4 is 0 Å². The van der Waals surface area contributed by atoms with Crippen molar-refractivity contribution >= 4 is 5.91 Å². The van der Waals surface area contributed by atoms with Gasteiger partial charge in [0.1, 0.15) is 11.3 Å². The smallest absolute Gasteiger partial charge is 0.272 e. The molecule has 2 bridgehead atoms. The van der Waals surface area contributed by atoms with Crippen LogP contribution in [-0.2, 0) is 19.7 Å². The topological polar surface area (TPSA) is 76.2 Å². The minimum Gasteiger partial charge on any atom is -0.383 e. The van der Waals surface area contributed by atoms with E-state index in [9.17, 15) is 9.90 Å². The van der Waals surface area contributed by atoms with E-state index in [-0.39, 0.29) is 18.0 Å². The first kappa shape index (κ1) is 16.1. The molecule has 0 aromatic carbocycles. The standard InChI is InChI=1S/C19H25N5O2/c1-22-16(9-15(21-22)12-3-4-12)18(25)24-13-5-6-14(24)11-19(26,10-13)17-7-8-20-23(17)2/h7-9,12-14,26H,3-6,10-11H2,1-2H3. The maximum Gasteiger partial charge on any atom is 0.272 e. The maximum absolute atomic E-state index is 13.3. The Morgan fingerprint density at radius 2 is 1.85 bits per heavy atom. The fourth-order valence-corrected chi connectivity index (χ4v) is 5.00. The van der Waals surface area contributed by atoms with Crippen molar-refractivity contribution < 1.29 is 9.90 Å². The third-order valence-electron chi connectivity index (χ3n) is 6.41. The number of carbonyl (C=O) groups excluding carboxylic acids is 1. The van der Waals surface area contributed by atoms with E-state index in [4.69, 9.17) is 0 Å². The molecule has 7 nitrogen and oxygen atoms in total. The van der Waals surface area contributed by atoms with E-state index in [0.29, 0.717) is 24.5 Å². The van der Waals surface area contributed by atoms with Gasteiger partial charge in [0, 0.05) is 51.1 Å². The van der Waals surface area contributed by atoms with E-state index < -0.39 is 5.60 Å². The molecule has 3 aliphatic rings. The third kappa shape index (κ3) is 2.33.